The molecule has 0 radical (unpaired) electrons. The number of carbonyl (C=O) groups is 2. The molecule has 0 aromatic heterocycles. The number of hydrogen-bond donors (Lipinski definition) is 3. The van der Waals surface area contributed by atoms with E-state index in [9.17, 15) is 9.59 Å². The third-order valence-corrected chi connectivity index (χ3v) is 3.00. The Hall–Kier alpha value is -1.49. The summed E-state index contributed by atoms with van der Waals surface area (Å²) in [5.41, 5.74) is 0.815. The number of benzene rings is 1. The van der Waals surface area contributed by atoms with Crippen molar-refractivity contribution in [2.24, 2.45) is 5.92 Å². The van der Waals surface area contributed by atoms with Crippen molar-refractivity contribution < 1.29 is 14.7 Å². The van der Waals surface area contributed by atoms with Crippen molar-refractivity contribution in [2.75, 3.05) is 11.1 Å². The molecule has 0 fully saturated rings. The molecule has 2 N–H and O–H groups in total. The molecule has 4 nitrogen and oxygen atoms in total. The summed E-state index contributed by atoms with van der Waals surface area (Å²) >= 11 is 4.17. The Bertz CT molecular complexity index is 460. The van der Waals surface area contributed by atoms with Crippen molar-refractivity contribution in [3.8, 4) is 0 Å². The van der Waals surface area contributed by atoms with Crippen LogP contribution in [0.15, 0.2) is 24.3 Å². The molecule has 104 valence electrons. The minimum absolute atomic E-state index is 0.0886. The van der Waals surface area contributed by atoms with E-state index >= 15 is 0 Å². The second-order valence-corrected chi connectivity index (χ2v) is 5.19. The minimum atomic E-state index is -0.986. The monoisotopic (exact) mass is 281 g/mol. The molecule has 0 spiro atoms. The zero-order chi connectivity index (χ0) is 14.4. The van der Waals surface area contributed by atoms with Crippen LogP contribution in [0, 0.1) is 5.92 Å². The number of thiol groups is 1. The molecular formula is C14H19NO3S. The van der Waals surface area contributed by atoms with Gasteiger partial charge in [0, 0.05) is 17.9 Å². The van der Waals surface area contributed by atoms with E-state index in [2.05, 4.69) is 17.9 Å². The molecule has 0 heterocycles. The van der Waals surface area contributed by atoms with Crippen molar-refractivity contribution in [1.29, 1.82) is 0 Å². The van der Waals surface area contributed by atoms with Crippen LogP contribution in [0.4, 0.5) is 5.69 Å². The van der Waals surface area contributed by atoms with Gasteiger partial charge in [0.1, 0.15) is 0 Å². The van der Waals surface area contributed by atoms with Gasteiger partial charge in [-0.25, -0.2) is 4.79 Å². The first-order chi connectivity index (χ1) is 8.93. The predicted octanol–water partition coefficient (Wildman–Crippen LogP) is 2.71. The van der Waals surface area contributed by atoms with Crippen LogP contribution in [0.1, 0.15) is 30.6 Å². The van der Waals surface area contributed by atoms with Crippen LogP contribution in [0.25, 0.3) is 0 Å². The SMILES string of the molecule is CC(C)CC(=O)C(CS)Nc1cccc(C(=O)O)c1. The molecule has 0 saturated heterocycles. The number of ketones is 1. The summed E-state index contributed by atoms with van der Waals surface area (Å²) in [5.74, 6) is -0.226. The van der Waals surface area contributed by atoms with Gasteiger partial charge < -0.3 is 10.4 Å². The Labute approximate surface area is 118 Å². The Morgan fingerprint density at radius 2 is 2.05 bits per heavy atom. The number of anilines is 1. The van der Waals surface area contributed by atoms with E-state index < -0.39 is 12.0 Å². The van der Waals surface area contributed by atoms with E-state index in [1.54, 1.807) is 12.1 Å². The Morgan fingerprint density at radius 3 is 2.58 bits per heavy atom. The molecule has 1 atom stereocenters. The second-order valence-electron chi connectivity index (χ2n) is 4.83. The van der Waals surface area contributed by atoms with Gasteiger partial charge in [0.05, 0.1) is 11.6 Å². The van der Waals surface area contributed by atoms with Gasteiger partial charge in [-0.15, -0.1) is 0 Å². The number of aromatic carboxylic acids is 1. The van der Waals surface area contributed by atoms with Gasteiger partial charge in [0.25, 0.3) is 0 Å². The lowest BCUT2D eigenvalue weighted by Crippen LogP contribution is -2.32. The lowest BCUT2D eigenvalue weighted by atomic mass is 10.0. The zero-order valence-electron chi connectivity index (χ0n) is 11.1. The maximum Gasteiger partial charge on any atom is 0.335 e. The fraction of sp³-hybridized carbons (Fsp3) is 0.429. The van der Waals surface area contributed by atoms with Crippen LogP contribution >= 0.6 is 12.6 Å². The molecule has 0 aliphatic carbocycles. The molecule has 0 aliphatic rings. The maximum absolute atomic E-state index is 12.0. The van der Waals surface area contributed by atoms with Crippen LogP contribution in [-0.2, 0) is 4.79 Å². The third-order valence-electron chi connectivity index (χ3n) is 2.63. The largest absolute Gasteiger partial charge is 0.478 e. The highest BCUT2D eigenvalue weighted by molar-refractivity contribution is 7.80. The molecule has 5 heteroatoms. The number of carboxylic acids is 1. The normalized spacial score (nSPS) is 12.2. The van der Waals surface area contributed by atoms with E-state index in [4.69, 9.17) is 5.11 Å². The standard InChI is InChI=1S/C14H19NO3S/c1-9(2)6-13(16)12(8-19)15-11-5-3-4-10(7-11)14(17)18/h3-5,7,9,12,15,19H,6,8H2,1-2H3,(H,17,18). The van der Waals surface area contributed by atoms with Crippen LogP contribution in [0.3, 0.4) is 0 Å². The highest BCUT2D eigenvalue weighted by Crippen LogP contribution is 2.14. The van der Waals surface area contributed by atoms with Gasteiger partial charge in [-0.2, -0.15) is 12.6 Å². The maximum atomic E-state index is 12.0. The van der Waals surface area contributed by atoms with Crippen molar-refractivity contribution in [3.05, 3.63) is 29.8 Å². The molecule has 1 rings (SSSR count). The van der Waals surface area contributed by atoms with Gasteiger partial charge in [0.15, 0.2) is 5.78 Å². The summed E-state index contributed by atoms with van der Waals surface area (Å²) in [4.78, 5) is 22.9. The first kappa shape index (κ1) is 15.6. The lowest BCUT2D eigenvalue weighted by molar-refractivity contribution is -0.120. The molecular weight excluding hydrogens is 262 g/mol. The average molecular weight is 281 g/mol. The van der Waals surface area contributed by atoms with Crippen LogP contribution in [0.2, 0.25) is 0 Å². The molecule has 0 aliphatic heterocycles. The summed E-state index contributed by atoms with van der Waals surface area (Å²) in [5, 5.41) is 12.0. The molecule has 1 unspecified atom stereocenters. The molecule has 0 saturated carbocycles. The van der Waals surface area contributed by atoms with E-state index in [1.165, 1.54) is 12.1 Å². The molecule has 0 bridgehead atoms. The number of nitrogens with one attached hydrogen (secondary N) is 1. The summed E-state index contributed by atoms with van der Waals surface area (Å²) < 4.78 is 0. The van der Waals surface area contributed by atoms with Gasteiger partial charge in [-0.3, -0.25) is 4.79 Å². The van der Waals surface area contributed by atoms with Crippen molar-refractivity contribution in [1.82, 2.24) is 0 Å². The summed E-state index contributed by atoms with van der Waals surface area (Å²) in [7, 11) is 0. The smallest absolute Gasteiger partial charge is 0.335 e. The van der Waals surface area contributed by atoms with Gasteiger partial charge in [0.2, 0.25) is 0 Å². The molecule has 1 aromatic rings. The van der Waals surface area contributed by atoms with Crippen molar-refractivity contribution >= 4 is 30.1 Å². The fourth-order valence-corrected chi connectivity index (χ4v) is 2.01. The van der Waals surface area contributed by atoms with Gasteiger partial charge >= 0.3 is 5.97 Å². The van der Waals surface area contributed by atoms with E-state index in [-0.39, 0.29) is 11.3 Å². The second kappa shape index (κ2) is 7.19. The third kappa shape index (κ3) is 4.95. The molecule has 0 amide bonds. The highest BCUT2D eigenvalue weighted by Gasteiger charge is 2.18. The van der Waals surface area contributed by atoms with Gasteiger partial charge in [-0.05, 0) is 24.1 Å². The molecule has 1 aromatic carbocycles. The number of Topliss-reactive ketones (excluding diaryl/α,β-unsaturated/α-hetero) is 1. The van der Waals surface area contributed by atoms with Crippen LogP contribution < -0.4 is 5.32 Å². The number of carboxylic acid groups (broad SMARTS) is 1. The Morgan fingerprint density at radius 1 is 1.37 bits per heavy atom. The minimum Gasteiger partial charge on any atom is -0.478 e. The van der Waals surface area contributed by atoms with E-state index in [0.29, 0.717) is 23.8 Å². The van der Waals surface area contributed by atoms with Crippen molar-refractivity contribution in [2.45, 2.75) is 26.3 Å². The Kier molecular flexibility index (Phi) is 5.89. The topological polar surface area (TPSA) is 66.4 Å². The van der Waals surface area contributed by atoms with E-state index in [1.807, 2.05) is 13.8 Å². The van der Waals surface area contributed by atoms with Crippen LogP contribution in [-0.4, -0.2) is 28.7 Å². The van der Waals surface area contributed by atoms with Crippen LogP contribution in [0.5, 0.6) is 0 Å². The first-order valence-electron chi connectivity index (χ1n) is 6.17. The number of carbonyl (C=O) groups excluding carboxylic acids is 1. The van der Waals surface area contributed by atoms with E-state index in [0.717, 1.165) is 0 Å². The Balaban J connectivity index is 2.78. The summed E-state index contributed by atoms with van der Waals surface area (Å²) in [6.07, 6.45) is 0.483. The summed E-state index contributed by atoms with van der Waals surface area (Å²) in [6, 6.07) is 6.02. The summed E-state index contributed by atoms with van der Waals surface area (Å²) in [6.45, 7) is 3.97. The lowest BCUT2D eigenvalue weighted by Gasteiger charge is -2.18. The zero-order valence-corrected chi connectivity index (χ0v) is 12.0. The first-order valence-corrected chi connectivity index (χ1v) is 6.80. The quantitative estimate of drug-likeness (QED) is 0.672. The predicted molar refractivity (Wildman–Crippen MR) is 79.1 cm³/mol. The fourth-order valence-electron chi connectivity index (χ4n) is 1.72. The van der Waals surface area contributed by atoms with Crippen molar-refractivity contribution in [3.63, 3.8) is 0 Å². The molecule has 19 heavy (non-hydrogen) atoms. The average Bonchev–Trinajstić information content (AvgIpc) is 2.35. The van der Waals surface area contributed by atoms with Gasteiger partial charge in [-0.1, -0.05) is 19.9 Å². The number of hydrogen-bond acceptors (Lipinski definition) is 4. The number of rotatable bonds is 7. The highest BCUT2D eigenvalue weighted by atomic mass is 32.1.